The third kappa shape index (κ3) is 5.27. The van der Waals surface area contributed by atoms with Crippen molar-refractivity contribution in [2.45, 2.75) is 58.0 Å². The van der Waals surface area contributed by atoms with E-state index in [1.165, 1.54) is 0 Å². The van der Waals surface area contributed by atoms with Gasteiger partial charge in [0.05, 0.1) is 47.3 Å². The van der Waals surface area contributed by atoms with Crippen molar-refractivity contribution in [1.29, 1.82) is 0 Å². The normalized spacial score (nSPS) is 20.5. The number of carbonyl (C=O) groups is 1. The summed E-state index contributed by atoms with van der Waals surface area (Å²) in [5, 5.41) is 27.2. The Morgan fingerprint density at radius 1 is 1.14 bits per heavy atom. The van der Waals surface area contributed by atoms with Gasteiger partial charge in [-0.3, -0.25) is 14.5 Å². The molecule has 2 fully saturated rings. The van der Waals surface area contributed by atoms with Gasteiger partial charge < -0.3 is 9.64 Å². The van der Waals surface area contributed by atoms with Gasteiger partial charge in [-0.05, 0) is 75.1 Å². The van der Waals surface area contributed by atoms with Gasteiger partial charge >= 0.3 is 6.03 Å². The summed E-state index contributed by atoms with van der Waals surface area (Å²) < 4.78 is 36.9. The predicted octanol–water partition coefficient (Wildman–Crippen LogP) is 7.13. The van der Waals surface area contributed by atoms with Crippen LogP contribution in [-0.4, -0.2) is 82.0 Å². The number of ether oxygens (including phenoxy) is 1. The number of H-pyrrole nitrogens is 1. The highest BCUT2D eigenvalue weighted by atomic mass is 35.5. The van der Waals surface area contributed by atoms with Crippen molar-refractivity contribution in [3.8, 4) is 22.4 Å². The first-order valence-corrected chi connectivity index (χ1v) is 17.2. The van der Waals surface area contributed by atoms with Crippen molar-refractivity contribution in [3.05, 3.63) is 64.8 Å². The lowest BCUT2D eigenvalue weighted by molar-refractivity contribution is 0.0690. The summed E-state index contributed by atoms with van der Waals surface area (Å²) in [6.07, 6.45) is 5.36. The highest BCUT2D eigenvalue weighted by Gasteiger charge is 2.48. The fourth-order valence-electron chi connectivity index (χ4n) is 8.47. The number of hydrogen-bond acceptors (Lipinski definition) is 7. The van der Waals surface area contributed by atoms with E-state index in [-0.39, 0.29) is 23.9 Å². The van der Waals surface area contributed by atoms with Gasteiger partial charge in [0.25, 0.3) is 6.43 Å². The van der Waals surface area contributed by atoms with Gasteiger partial charge in [0.15, 0.2) is 0 Å². The Morgan fingerprint density at radius 2 is 1.92 bits per heavy atom. The molecule has 2 unspecified atom stereocenters. The van der Waals surface area contributed by atoms with Crippen LogP contribution in [0.15, 0.2) is 42.9 Å². The number of nitrogens with one attached hydrogen (secondary N) is 1. The molecule has 50 heavy (non-hydrogen) atoms. The molecule has 6 aromatic rings. The van der Waals surface area contributed by atoms with E-state index >= 15 is 0 Å². The van der Waals surface area contributed by atoms with E-state index in [1.54, 1.807) is 12.0 Å². The summed E-state index contributed by atoms with van der Waals surface area (Å²) in [6.45, 7) is 4.73. The third-order valence-electron chi connectivity index (χ3n) is 10.7. The highest BCUT2D eigenvalue weighted by molar-refractivity contribution is 6.36. The van der Waals surface area contributed by atoms with E-state index in [2.05, 4.69) is 55.4 Å². The van der Waals surface area contributed by atoms with Crippen molar-refractivity contribution >= 4 is 39.4 Å². The van der Waals surface area contributed by atoms with Crippen LogP contribution >= 0.6 is 11.6 Å². The summed E-state index contributed by atoms with van der Waals surface area (Å²) in [7, 11) is 3.51. The molecule has 2 bridgehead atoms. The number of hydrogen-bond donors (Lipinski definition) is 1. The second-order valence-corrected chi connectivity index (χ2v) is 14.0. The fourth-order valence-corrected chi connectivity index (χ4v) is 8.72. The SMILES string of the molecule is COCCN(C(=O)n1cc(C(F)F)nn1)C1C2CCC1CC(n1nc(-c3ccc4c(cnn4C)c3)c(-c3c(Cl)c(C)cc4[nH]ncc34)c1C)C2. The van der Waals surface area contributed by atoms with Crippen molar-refractivity contribution in [2.75, 3.05) is 20.3 Å². The lowest BCUT2D eigenvalue weighted by Gasteiger charge is -2.42. The first kappa shape index (κ1) is 32.5. The summed E-state index contributed by atoms with van der Waals surface area (Å²) in [6, 6.07) is 7.80. The Balaban J connectivity index is 1.19. The van der Waals surface area contributed by atoms with Gasteiger partial charge in [-0.15, -0.1) is 5.10 Å². The smallest absolute Gasteiger partial charge is 0.346 e. The second-order valence-electron chi connectivity index (χ2n) is 13.6. The Kier molecular flexibility index (Phi) is 8.17. The number of benzene rings is 2. The lowest BCUT2D eigenvalue weighted by Crippen LogP contribution is -2.51. The van der Waals surface area contributed by atoms with Crippen LogP contribution in [0.5, 0.6) is 0 Å². The number of halogens is 3. The van der Waals surface area contributed by atoms with Crippen molar-refractivity contribution in [2.24, 2.45) is 18.9 Å². The summed E-state index contributed by atoms with van der Waals surface area (Å²) >= 11 is 7.15. The van der Waals surface area contributed by atoms with Crippen molar-refractivity contribution in [1.82, 2.24) is 49.7 Å². The maximum Gasteiger partial charge on any atom is 0.346 e. The minimum atomic E-state index is -2.81. The number of carbonyl (C=O) groups excluding carboxylic acids is 1. The highest BCUT2D eigenvalue weighted by Crippen LogP contribution is 2.51. The minimum Gasteiger partial charge on any atom is -0.383 e. The van der Waals surface area contributed by atoms with Crippen LogP contribution in [0.3, 0.4) is 0 Å². The molecule has 8 rings (SSSR count). The van der Waals surface area contributed by atoms with Crippen LogP contribution in [0.25, 0.3) is 44.2 Å². The zero-order valence-corrected chi connectivity index (χ0v) is 28.9. The lowest BCUT2D eigenvalue weighted by atomic mass is 9.80. The molecular weight excluding hydrogens is 666 g/mol. The largest absolute Gasteiger partial charge is 0.383 e. The molecule has 2 aromatic carbocycles. The second kappa shape index (κ2) is 12.6. The van der Waals surface area contributed by atoms with Gasteiger partial charge in [0.2, 0.25) is 0 Å². The van der Waals surface area contributed by atoms with Crippen LogP contribution in [0.2, 0.25) is 5.02 Å². The summed E-state index contributed by atoms with van der Waals surface area (Å²) in [5.41, 5.74) is 6.97. The molecule has 2 saturated carbocycles. The van der Waals surface area contributed by atoms with Gasteiger partial charge in [-0.25, -0.2) is 13.6 Å². The molecule has 0 saturated heterocycles. The number of aromatic nitrogens is 9. The molecule has 1 amide bonds. The number of aromatic amines is 1. The molecule has 4 heterocycles. The van der Waals surface area contributed by atoms with Crippen LogP contribution in [0.1, 0.15) is 55.1 Å². The number of alkyl halides is 2. The minimum absolute atomic E-state index is 0.0676. The van der Waals surface area contributed by atoms with Crippen LogP contribution in [0.4, 0.5) is 13.6 Å². The van der Waals surface area contributed by atoms with Gasteiger partial charge in [0.1, 0.15) is 11.4 Å². The zero-order valence-electron chi connectivity index (χ0n) is 28.1. The fraction of sp³-hybridized carbons (Fsp3) is 0.429. The van der Waals surface area contributed by atoms with Crippen LogP contribution in [-0.2, 0) is 11.8 Å². The van der Waals surface area contributed by atoms with Crippen LogP contribution < -0.4 is 0 Å². The number of fused-ring (bicyclic) bond motifs is 4. The Hall–Kier alpha value is -4.69. The summed E-state index contributed by atoms with van der Waals surface area (Å²) in [4.78, 5) is 15.5. The number of aryl methyl sites for hydroxylation is 2. The number of methoxy groups -OCH3 is 1. The predicted molar refractivity (Wildman–Crippen MR) is 184 cm³/mol. The van der Waals surface area contributed by atoms with Crippen molar-refractivity contribution in [3.63, 3.8) is 0 Å². The maximum absolute atomic E-state index is 13.8. The van der Waals surface area contributed by atoms with E-state index in [4.69, 9.17) is 21.4 Å². The average molecular weight is 703 g/mol. The molecule has 15 heteroatoms. The molecular formula is C35H37ClF2N10O2. The van der Waals surface area contributed by atoms with Crippen LogP contribution in [0, 0.1) is 25.7 Å². The first-order chi connectivity index (χ1) is 24.1. The monoisotopic (exact) mass is 702 g/mol. The molecule has 4 aromatic heterocycles. The molecule has 1 N–H and O–H groups in total. The van der Waals surface area contributed by atoms with Gasteiger partial charge in [-0.2, -0.15) is 20.0 Å². The quantitative estimate of drug-likeness (QED) is 0.179. The molecule has 12 nitrogen and oxygen atoms in total. The molecule has 2 aliphatic rings. The Bertz CT molecular complexity index is 2220. The topological polar surface area (TPSA) is 125 Å². The Morgan fingerprint density at radius 3 is 2.64 bits per heavy atom. The zero-order chi connectivity index (χ0) is 34.8. The average Bonchev–Trinajstić information content (AvgIpc) is 3.94. The number of rotatable bonds is 8. The number of nitrogens with zero attached hydrogens (tertiary/aromatic N) is 9. The third-order valence-corrected chi connectivity index (χ3v) is 11.2. The molecule has 2 atom stereocenters. The first-order valence-electron chi connectivity index (χ1n) is 16.8. The number of amides is 1. The van der Waals surface area contributed by atoms with E-state index in [0.717, 1.165) is 92.0 Å². The molecule has 0 spiro atoms. The summed E-state index contributed by atoms with van der Waals surface area (Å²) in [5.74, 6) is 0.339. The van der Waals surface area contributed by atoms with Gasteiger partial charge in [-0.1, -0.05) is 22.9 Å². The van der Waals surface area contributed by atoms with E-state index in [1.807, 2.05) is 37.1 Å². The molecule has 260 valence electrons. The van der Waals surface area contributed by atoms with Crippen molar-refractivity contribution < 1.29 is 18.3 Å². The molecule has 2 aliphatic carbocycles. The van der Waals surface area contributed by atoms with Gasteiger partial charge in [0, 0.05) is 59.9 Å². The maximum atomic E-state index is 13.8. The van der Waals surface area contributed by atoms with E-state index in [9.17, 15) is 13.6 Å². The van der Waals surface area contributed by atoms with E-state index in [0.29, 0.717) is 18.2 Å². The molecule has 0 aliphatic heterocycles. The van der Waals surface area contributed by atoms with E-state index < -0.39 is 18.2 Å². The standard InChI is InChI=1S/C35H37ClF2N10O2/c1-18-11-26-25(16-39-41-26)30(31(18)36)29-19(2)48(43-32(29)20-7-8-28-23(12-20)15-40-45(28)3)24-13-21-5-6-22(14-24)33(21)46(9-10-50-4)35(49)47-17-27(34(37)38)42-44-47/h7-8,11-12,15-17,21-22,24,33-34H,5-6,9-10,13-14H2,1-4H3,(H,39,41). The molecule has 0 radical (unpaired) electrons. The Labute approximate surface area is 291 Å².